The standard InChI is InChI=1S/C12H10NO2/c1-9-4-6-10(7-5-9)13-12(14)11-3-2-8-15-11/h2-4,6-8H,1H3,(H,13,14). The number of amides is 1. The maximum atomic E-state index is 11.5. The van der Waals surface area contributed by atoms with Gasteiger partial charge < -0.3 is 9.73 Å². The van der Waals surface area contributed by atoms with Crippen molar-refractivity contribution in [2.24, 2.45) is 0 Å². The van der Waals surface area contributed by atoms with Crippen LogP contribution in [0.4, 0.5) is 5.69 Å². The number of rotatable bonds is 2. The molecule has 15 heavy (non-hydrogen) atoms. The van der Waals surface area contributed by atoms with E-state index in [0.717, 1.165) is 5.56 Å². The molecule has 3 nitrogen and oxygen atoms in total. The molecule has 0 aliphatic carbocycles. The average molecular weight is 200 g/mol. The predicted molar refractivity (Wildman–Crippen MR) is 56.7 cm³/mol. The Kier molecular flexibility index (Phi) is 2.54. The van der Waals surface area contributed by atoms with Crippen LogP contribution >= 0.6 is 0 Å². The quantitative estimate of drug-likeness (QED) is 0.809. The third-order valence-electron chi connectivity index (χ3n) is 1.97. The zero-order chi connectivity index (χ0) is 10.7. The van der Waals surface area contributed by atoms with Gasteiger partial charge in [0.2, 0.25) is 0 Å². The van der Waals surface area contributed by atoms with Crippen LogP contribution in [0.25, 0.3) is 0 Å². The summed E-state index contributed by atoms with van der Waals surface area (Å²) in [6.45, 7) is 1.94. The van der Waals surface area contributed by atoms with Gasteiger partial charge >= 0.3 is 0 Å². The maximum Gasteiger partial charge on any atom is 0.291 e. The fourth-order valence-corrected chi connectivity index (χ4v) is 1.18. The first-order valence-corrected chi connectivity index (χ1v) is 4.59. The minimum absolute atomic E-state index is 0.253. The molecule has 1 amide bonds. The van der Waals surface area contributed by atoms with Crippen LogP contribution in [0.15, 0.2) is 41.0 Å². The van der Waals surface area contributed by atoms with E-state index in [4.69, 9.17) is 4.42 Å². The van der Waals surface area contributed by atoms with Crippen LogP contribution in [-0.2, 0) is 0 Å². The molecule has 0 saturated carbocycles. The molecule has 1 N–H and O–H groups in total. The highest BCUT2D eigenvalue weighted by Crippen LogP contribution is 2.10. The largest absolute Gasteiger partial charge is 0.459 e. The molecular weight excluding hydrogens is 190 g/mol. The Bertz CT molecular complexity index is 443. The summed E-state index contributed by atoms with van der Waals surface area (Å²) in [4.78, 5) is 11.5. The van der Waals surface area contributed by atoms with Gasteiger partial charge in [-0.05, 0) is 42.8 Å². The van der Waals surface area contributed by atoms with Crippen molar-refractivity contribution in [1.82, 2.24) is 0 Å². The van der Waals surface area contributed by atoms with Gasteiger partial charge in [-0.1, -0.05) is 6.07 Å². The topological polar surface area (TPSA) is 42.2 Å². The molecule has 0 fully saturated rings. The molecule has 2 aromatic rings. The van der Waals surface area contributed by atoms with E-state index in [-0.39, 0.29) is 5.91 Å². The summed E-state index contributed by atoms with van der Waals surface area (Å²) in [5.74, 6) is 0.0489. The normalized spacial score (nSPS) is 9.93. The van der Waals surface area contributed by atoms with Crippen LogP contribution in [0.2, 0.25) is 0 Å². The number of nitrogens with one attached hydrogen (secondary N) is 1. The lowest BCUT2D eigenvalue weighted by Crippen LogP contribution is -2.10. The van der Waals surface area contributed by atoms with Gasteiger partial charge in [0, 0.05) is 5.69 Å². The number of hydrogen-bond donors (Lipinski definition) is 1. The fourth-order valence-electron chi connectivity index (χ4n) is 1.18. The second-order valence-electron chi connectivity index (χ2n) is 3.19. The van der Waals surface area contributed by atoms with Crippen molar-refractivity contribution in [2.45, 2.75) is 6.92 Å². The highest BCUT2D eigenvalue weighted by molar-refractivity contribution is 6.02. The minimum Gasteiger partial charge on any atom is -0.459 e. The molecule has 0 saturated heterocycles. The third kappa shape index (κ3) is 2.26. The fraction of sp³-hybridized carbons (Fsp3) is 0.0833. The smallest absolute Gasteiger partial charge is 0.291 e. The maximum absolute atomic E-state index is 11.5. The summed E-state index contributed by atoms with van der Waals surface area (Å²) >= 11 is 0. The molecular formula is C12H10NO2. The molecule has 1 aromatic carbocycles. The second-order valence-corrected chi connectivity index (χ2v) is 3.19. The van der Waals surface area contributed by atoms with Crippen molar-refractivity contribution in [2.75, 3.05) is 5.32 Å². The van der Waals surface area contributed by atoms with Gasteiger partial charge in [-0.2, -0.15) is 0 Å². The molecule has 0 bridgehead atoms. The van der Waals surface area contributed by atoms with E-state index in [1.165, 1.54) is 6.26 Å². The monoisotopic (exact) mass is 200 g/mol. The number of hydrogen-bond acceptors (Lipinski definition) is 2. The van der Waals surface area contributed by atoms with Gasteiger partial charge in [-0.3, -0.25) is 4.79 Å². The van der Waals surface area contributed by atoms with Crippen molar-refractivity contribution in [1.29, 1.82) is 0 Å². The first-order valence-electron chi connectivity index (χ1n) is 4.59. The SMILES string of the molecule is Cc1[c]cc(NC(=O)c2ccco2)cc1. The highest BCUT2D eigenvalue weighted by atomic mass is 16.3. The van der Waals surface area contributed by atoms with Gasteiger partial charge in [0.1, 0.15) is 0 Å². The Balaban J connectivity index is 2.09. The Morgan fingerprint density at radius 1 is 1.40 bits per heavy atom. The highest BCUT2D eigenvalue weighted by Gasteiger charge is 2.07. The van der Waals surface area contributed by atoms with Crippen LogP contribution in [0.3, 0.4) is 0 Å². The van der Waals surface area contributed by atoms with Crippen LogP contribution < -0.4 is 5.32 Å². The lowest BCUT2D eigenvalue weighted by molar-refractivity contribution is 0.0996. The van der Waals surface area contributed by atoms with Crippen molar-refractivity contribution in [3.63, 3.8) is 0 Å². The van der Waals surface area contributed by atoms with Crippen molar-refractivity contribution in [3.8, 4) is 0 Å². The van der Waals surface area contributed by atoms with Gasteiger partial charge in [0.15, 0.2) is 5.76 Å². The Morgan fingerprint density at radius 3 is 2.87 bits per heavy atom. The molecule has 1 radical (unpaired) electrons. The van der Waals surface area contributed by atoms with E-state index >= 15 is 0 Å². The molecule has 0 atom stereocenters. The van der Waals surface area contributed by atoms with Crippen LogP contribution in [-0.4, -0.2) is 5.91 Å². The summed E-state index contributed by atoms with van der Waals surface area (Å²) in [7, 11) is 0. The predicted octanol–water partition coefficient (Wildman–Crippen LogP) is 2.64. The third-order valence-corrected chi connectivity index (χ3v) is 1.97. The zero-order valence-electron chi connectivity index (χ0n) is 8.28. The molecule has 0 spiro atoms. The van der Waals surface area contributed by atoms with Crippen LogP contribution in [0.5, 0.6) is 0 Å². The first kappa shape index (κ1) is 9.52. The number of carbonyl (C=O) groups excluding carboxylic acids is 1. The van der Waals surface area contributed by atoms with E-state index in [1.807, 2.05) is 19.1 Å². The molecule has 1 aromatic heterocycles. The van der Waals surface area contributed by atoms with Crippen molar-refractivity contribution >= 4 is 11.6 Å². The van der Waals surface area contributed by atoms with Gasteiger partial charge in [0.05, 0.1) is 6.26 Å². The van der Waals surface area contributed by atoms with Gasteiger partial charge in [0.25, 0.3) is 5.91 Å². The number of benzene rings is 1. The van der Waals surface area contributed by atoms with E-state index in [1.54, 1.807) is 18.2 Å². The van der Waals surface area contributed by atoms with Gasteiger partial charge in [-0.25, -0.2) is 0 Å². The Morgan fingerprint density at radius 2 is 2.27 bits per heavy atom. The Hall–Kier alpha value is -2.03. The van der Waals surface area contributed by atoms with E-state index in [9.17, 15) is 4.79 Å². The number of carbonyl (C=O) groups is 1. The van der Waals surface area contributed by atoms with Crippen LogP contribution in [0, 0.1) is 13.0 Å². The number of aryl methyl sites for hydroxylation is 1. The minimum atomic E-state index is -0.253. The summed E-state index contributed by atoms with van der Waals surface area (Å²) in [6, 6.07) is 11.7. The lowest BCUT2D eigenvalue weighted by atomic mass is 10.2. The van der Waals surface area contributed by atoms with Crippen LogP contribution in [0.1, 0.15) is 16.1 Å². The number of furan rings is 1. The summed E-state index contributed by atoms with van der Waals surface area (Å²) < 4.78 is 4.97. The summed E-state index contributed by atoms with van der Waals surface area (Å²) in [5, 5.41) is 2.71. The lowest BCUT2D eigenvalue weighted by Gasteiger charge is -2.02. The summed E-state index contributed by atoms with van der Waals surface area (Å²) in [5.41, 5.74) is 1.74. The molecule has 0 aliphatic heterocycles. The average Bonchev–Trinajstić information content (AvgIpc) is 2.74. The van der Waals surface area contributed by atoms with E-state index in [0.29, 0.717) is 11.4 Å². The van der Waals surface area contributed by atoms with Crippen molar-refractivity contribution < 1.29 is 9.21 Å². The number of anilines is 1. The molecule has 75 valence electrons. The van der Waals surface area contributed by atoms with E-state index < -0.39 is 0 Å². The molecule has 0 aliphatic rings. The van der Waals surface area contributed by atoms with E-state index in [2.05, 4.69) is 11.4 Å². The molecule has 1 heterocycles. The van der Waals surface area contributed by atoms with Crippen molar-refractivity contribution in [3.05, 3.63) is 54.0 Å². The Labute approximate surface area is 87.7 Å². The second kappa shape index (κ2) is 4.00. The molecule has 3 heteroatoms. The summed E-state index contributed by atoms with van der Waals surface area (Å²) in [6.07, 6.45) is 1.47. The molecule has 0 unspecified atom stereocenters. The first-order chi connectivity index (χ1) is 7.25. The van der Waals surface area contributed by atoms with Gasteiger partial charge in [-0.15, -0.1) is 0 Å². The molecule has 2 rings (SSSR count). The zero-order valence-corrected chi connectivity index (χ0v) is 8.28.